The number of carbonyl (C=O) groups excluding carboxylic acids is 1. The van der Waals surface area contributed by atoms with Gasteiger partial charge in [-0.05, 0) is 44.7 Å². The highest BCUT2D eigenvalue weighted by Crippen LogP contribution is 2.35. The van der Waals surface area contributed by atoms with Crippen molar-refractivity contribution >= 4 is 5.91 Å². The maximum Gasteiger partial charge on any atom is 0.243 e. The van der Waals surface area contributed by atoms with Gasteiger partial charge in [-0.25, -0.2) is 0 Å². The van der Waals surface area contributed by atoms with Gasteiger partial charge in [-0.15, -0.1) is 0 Å². The Hall–Kier alpha value is -1.65. The van der Waals surface area contributed by atoms with E-state index in [1.54, 1.807) is 6.08 Å². The van der Waals surface area contributed by atoms with Gasteiger partial charge in [0.05, 0.1) is 0 Å². The van der Waals surface area contributed by atoms with Gasteiger partial charge < -0.3 is 10.2 Å². The fraction of sp³-hybridized carbons (Fsp3) is 0.571. The Balaban J connectivity index is 1.46. The van der Waals surface area contributed by atoms with Gasteiger partial charge in [0.1, 0.15) is 0 Å². The molecule has 1 amide bonds. The predicted octanol–water partition coefficient (Wildman–Crippen LogP) is 2.84. The third-order valence-electron chi connectivity index (χ3n) is 5.38. The molecule has 0 radical (unpaired) electrons. The van der Waals surface area contributed by atoms with Crippen LogP contribution in [0.15, 0.2) is 42.0 Å². The molecule has 0 spiro atoms. The molecule has 4 heteroatoms. The van der Waals surface area contributed by atoms with Crippen molar-refractivity contribution in [3.8, 4) is 0 Å². The van der Waals surface area contributed by atoms with E-state index in [0.29, 0.717) is 12.0 Å². The fourth-order valence-corrected chi connectivity index (χ4v) is 3.62. The van der Waals surface area contributed by atoms with Crippen LogP contribution in [-0.2, 0) is 4.79 Å². The summed E-state index contributed by atoms with van der Waals surface area (Å²) in [7, 11) is 2.20. The third-order valence-corrected chi connectivity index (χ3v) is 5.38. The zero-order chi connectivity index (χ0) is 17.6. The molecule has 0 bridgehead atoms. The van der Waals surface area contributed by atoms with Crippen LogP contribution < -0.4 is 5.32 Å². The minimum atomic E-state index is 0.0717. The fourth-order valence-electron chi connectivity index (χ4n) is 3.62. The number of rotatable bonds is 7. The van der Waals surface area contributed by atoms with Crippen molar-refractivity contribution in [2.45, 2.75) is 32.2 Å². The maximum atomic E-state index is 12.0. The molecule has 1 aromatic carbocycles. The van der Waals surface area contributed by atoms with Gasteiger partial charge in [0, 0.05) is 44.8 Å². The van der Waals surface area contributed by atoms with Crippen molar-refractivity contribution in [1.82, 2.24) is 15.1 Å². The Morgan fingerprint density at radius 2 is 2.00 bits per heavy atom. The highest BCUT2D eigenvalue weighted by Gasteiger charge is 2.26. The second-order valence-corrected chi connectivity index (χ2v) is 7.53. The number of carbonyl (C=O) groups is 1. The van der Waals surface area contributed by atoms with Crippen molar-refractivity contribution in [1.29, 1.82) is 0 Å². The predicted molar refractivity (Wildman–Crippen MR) is 102 cm³/mol. The Morgan fingerprint density at radius 1 is 1.24 bits per heavy atom. The molecule has 1 aliphatic heterocycles. The average molecular weight is 341 g/mol. The Morgan fingerprint density at radius 3 is 2.72 bits per heavy atom. The summed E-state index contributed by atoms with van der Waals surface area (Å²) in [4.78, 5) is 16.9. The molecule has 2 aliphatic rings. The maximum absolute atomic E-state index is 12.0. The van der Waals surface area contributed by atoms with E-state index in [1.165, 1.54) is 24.0 Å². The zero-order valence-electron chi connectivity index (χ0n) is 15.6. The largest absolute Gasteiger partial charge is 0.353 e. The van der Waals surface area contributed by atoms with Crippen LogP contribution in [0, 0.1) is 5.92 Å². The minimum Gasteiger partial charge on any atom is -0.353 e. The lowest BCUT2D eigenvalue weighted by Crippen LogP contribution is -2.47. The Kier molecular flexibility index (Phi) is 6.27. The lowest BCUT2D eigenvalue weighted by atomic mass is 10.0. The first kappa shape index (κ1) is 18.2. The first-order chi connectivity index (χ1) is 12.1. The molecular weight excluding hydrogens is 310 g/mol. The summed E-state index contributed by atoms with van der Waals surface area (Å²) in [6.45, 7) is 7.12. The summed E-state index contributed by atoms with van der Waals surface area (Å²) in [5.74, 6) is 0.741. The van der Waals surface area contributed by atoms with Gasteiger partial charge in [0.2, 0.25) is 5.91 Å². The van der Waals surface area contributed by atoms with E-state index in [1.807, 2.05) is 0 Å². The molecule has 4 nitrogen and oxygen atoms in total. The molecule has 1 saturated carbocycles. The standard InChI is InChI=1S/C21H31N3O/c1-17(18-9-10-18)15-21(25)22-11-6-12-24-14-13-23(2)16-20(24)19-7-4-3-5-8-19/h3-5,7-8,15,18,20H,6,9-14,16H2,1-2H3,(H,22,25)/b17-15+/t20-/m0/s1. The molecule has 1 N–H and O–H groups in total. The number of allylic oxidation sites excluding steroid dienone is 1. The molecule has 25 heavy (non-hydrogen) atoms. The van der Waals surface area contributed by atoms with Crippen molar-refractivity contribution in [3.05, 3.63) is 47.5 Å². The quantitative estimate of drug-likeness (QED) is 0.612. The van der Waals surface area contributed by atoms with E-state index in [9.17, 15) is 4.79 Å². The van der Waals surface area contributed by atoms with E-state index in [4.69, 9.17) is 0 Å². The number of hydrogen-bond donors (Lipinski definition) is 1. The minimum absolute atomic E-state index is 0.0717. The summed E-state index contributed by atoms with van der Waals surface area (Å²) in [5, 5.41) is 3.05. The highest BCUT2D eigenvalue weighted by atomic mass is 16.1. The molecule has 3 rings (SSSR count). The number of amides is 1. The van der Waals surface area contributed by atoms with Gasteiger partial charge in [-0.2, -0.15) is 0 Å². The van der Waals surface area contributed by atoms with Gasteiger partial charge in [0.25, 0.3) is 0 Å². The molecule has 0 unspecified atom stereocenters. The molecule has 1 saturated heterocycles. The molecule has 0 aromatic heterocycles. The number of benzene rings is 1. The summed E-state index contributed by atoms with van der Waals surface area (Å²) in [6, 6.07) is 11.2. The summed E-state index contributed by atoms with van der Waals surface area (Å²) in [6.07, 6.45) is 5.29. The highest BCUT2D eigenvalue weighted by molar-refractivity contribution is 5.88. The molecule has 1 atom stereocenters. The monoisotopic (exact) mass is 341 g/mol. The van der Waals surface area contributed by atoms with E-state index < -0.39 is 0 Å². The molecule has 1 aromatic rings. The van der Waals surface area contributed by atoms with Crippen LogP contribution in [0.1, 0.15) is 37.8 Å². The number of nitrogens with one attached hydrogen (secondary N) is 1. The van der Waals surface area contributed by atoms with Crippen LogP contribution in [0.3, 0.4) is 0 Å². The Labute approximate surface area is 151 Å². The van der Waals surface area contributed by atoms with Gasteiger partial charge in [-0.1, -0.05) is 35.9 Å². The number of hydrogen-bond acceptors (Lipinski definition) is 3. The van der Waals surface area contributed by atoms with Crippen LogP contribution in [-0.4, -0.2) is 55.5 Å². The zero-order valence-corrected chi connectivity index (χ0v) is 15.6. The van der Waals surface area contributed by atoms with E-state index in [2.05, 4.69) is 59.4 Å². The second-order valence-electron chi connectivity index (χ2n) is 7.53. The van der Waals surface area contributed by atoms with Crippen molar-refractivity contribution in [3.63, 3.8) is 0 Å². The number of piperazine rings is 1. The molecule has 2 fully saturated rings. The lowest BCUT2D eigenvalue weighted by molar-refractivity contribution is -0.116. The number of likely N-dealkylation sites (N-methyl/N-ethyl adjacent to an activating group) is 1. The van der Waals surface area contributed by atoms with E-state index in [-0.39, 0.29) is 5.91 Å². The van der Waals surface area contributed by atoms with E-state index in [0.717, 1.165) is 39.1 Å². The smallest absolute Gasteiger partial charge is 0.243 e. The van der Waals surface area contributed by atoms with Crippen molar-refractivity contribution < 1.29 is 4.79 Å². The van der Waals surface area contributed by atoms with Crippen molar-refractivity contribution in [2.24, 2.45) is 5.92 Å². The van der Waals surface area contributed by atoms with Crippen LogP contribution >= 0.6 is 0 Å². The lowest BCUT2D eigenvalue weighted by Gasteiger charge is -2.40. The third kappa shape index (κ3) is 5.41. The van der Waals surface area contributed by atoms with Gasteiger partial charge in [-0.3, -0.25) is 9.69 Å². The summed E-state index contributed by atoms with van der Waals surface area (Å²) < 4.78 is 0. The van der Waals surface area contributed by atoms with Gasteiger partial charge in [0.15, 0.2) is 0 Å². The topological polar surface area (TPSA) is 35.6 Å². The van der Waals surface area contributed by atoms with Gasteiger partial charge >= 0.3 is 0 Å². The average Bonchev–Trinajstić information content (AvgIpc) is 3.45. The first-order valence-electron chi connectivity index (χ1n) is 9.57. The van der Waals surface area contributed by atoms with Crippen LogP contribution in [0.2, 0.25) is 0 Å². The summed E-state index contributed by atoms with van der Waals surface area (Å²) in [5.41, 5.74) is 2.63. The van der Waals surface area contributed by atoms with Crippen LogP contribution in [0.4, 0.5) is 0 Å². The van der Waals surface area contributed by atoms with E-state index >= 15 is 0 Å². The van der Waals surface area contributed by atoms with Crippen LogP contribution in [0.5, 0.6) is 0 Å². The molecule has 136 valence electrons. The van der Waals surface area contributed by atoms with Crippen molar-refractivity contribution in [2.75, 3.05) is 39.8 Å². The number of nitrogens with zero attached hydrogens (tertiary/aromatic N) is 2. The summed E-state index contributed by atoms with van der Waals surface area (Å²) >= 11 is 0. The van der Waals surface area contributed by atoms with Crippen LogP contribution in [0.25, 0.3) is 0 Å². The normalized spacial score (nSPS) is 22.8. The Bertz CT molecular complexity index is 594. The first-order valence-corrected chi connectivity index (χ1v) is 9.57. The molecule has 1 heterocycles. The molecular formula is C21H31N3O. The molecule has 1 aliphatic carbocycles. The SMILES string of the molecule is C/C(=C\C(=O)NCCCN1CCN(C)C[C@H]1c1ccccc1)C1CC1. The second kappa shape index (κ2) is 8.63.